The number of nitrogens with one attached hydrogen (secondary N) is 2. The van der Waals surface area contributed by atoms with Crippen molar-refractivity contribution in [3.8, 4) is 16.2 Å². The number of unbranched alkanes of at least 4 members (excludes halogenated alkanes) is 2. The highest BCUT2D eigenvalue weighted by Gasteiger charge is 2.51. The Kier molecular flexibility index (Phi) is 18.7. The van der Waals surface area contributed by atoms with E-state index in [-0.39, 0.29) is 55.0 Å². The molecule has 72 heavy (non-hydrogen) atoms. The van der Waals surface area contributed by atoms with E-state index in [4.69, 9.17) is 26.4 Å². The second kappa shape index (κ2) is 24.3. The monoisotopic (exact) mass is 1040 g/mol. The van der Waals surface area contributed by atoms with E-state index in [1.807, 2.05) is 52.0 Å². The minimum atomic E-state index is -4.67. The summed E-state index contributed by atoms with van der Waals surface area (Å²) in [6, 6.07) is 16.6. The molecule has 0 unspecified atom stereocenters. The summed E-state index contributed by atoms with van der Waals surface area (Å²) < 4.78 is 59.1. The number of thiocarbonyl (C=S) groups is 1. The molecule has 0 saturated carbocycles. The van der Waals surface area contributed by atoms with Gasteiger partial charge >= 0.3 is 6.18 Å². The van der Waals surface area contributed by atoms with Gasteiger partial charge in [0, 0.05) is 63.8 Å². The highest BCUT2D eigenvalue weighted by atomic mass is 32.1. The molecule has 2 fully saturated rings. The number of nitrogens with zero attached hydrogens (tertiary/aromatic N) is 5. The number of β-amino-alcohol motifs (C(OH)–C–C–N with tert-alkyl or cyclic N) is 1. The van der Waals surface area contributed by atoms with Crippen molar-refractivity contribution in [2.45, 2.75) is 110 Å². The van der Waals surface area contributed by atoms with E-state index in [9.17, 15) is 37.5 Å². The number of likely N-dealkylation sites (tertiary alicyclic amines) is 1. The topological polar surface area (TPSA) is 175 Å². The molecule has 1 aromatic heterocycles. The second-order valence-electron chi connectivity index (χ2n) is 19.3. The maximum atomic E-state index is 14.0. The summed E-state index contributed by atoms with van der Waals surface area (Å²) in [5.41, 5.74) is 2.35. The van der Waals surface area contributed by atoms with Crippen molar-refractivity contribution in [1.82, 2.24) is 20.5 Å². The van der Waals surface area contributed by atoms with Crippen LogP contribution in [0.4, 0.5) is 24.5 Å². The molecular weight excluding hydrogens is 972 g/mol. The molecule has 0 radical (unpaired) electrons. The van der Waals surface area contributed by atoms with E-state index in [0.29, 0.717) is 37.7 Å². The summed E-state index contributed by atoms with van der Waals surface area (Å²) in [5.74, 6) is -1.17. The molecule has 3 N–H and O–H groups in total. The SMILES string of the molecule is CN=Cc1ccc(N2C(=O)C(C)(C)N(c3ccc(OCCCCCOCCCOCC(=O)N[C@H](C(=O)N4C[C@H](O)C[C@H]4C(=O)NCc4ccc(-c5scnc5C)cc4)C(C)(C)C)cc3)C2=S)cc1C(F)(F)F. The van der Waals surface area contributed by atoms with Crippen LogP contribution >= 0.6 is 23.6 Å². The van der Waals surface area contributed by atoms with Crippen molar-refractivity contribution in [2.24, 2.45) is 10.4 Å². The molecule has 6 rings (SSSR count). The lowest BCUT2D eigenvalue weighted by Gasteiger charge is -2.35. The summed E-state index contributed by atoms with van der Waals surface area (Å²) >= 11 is 7.25. The average Bonchev–Trinajstić information content (AvgIpc) is 3.99. The third-order valence-electron chi connectivity index (χ3n) is 12.4. The standard InChI is InChI=1S/C52H64F3N7O8S2/c1-33-44(72-32-58-33)35-14-12-34(13-15-35)28-57-46(65)42-27-39(63)30-60(42)47(66)45(50(2,3)4)59-43(64)31-69-24-11-23-68-22-9-8-10-25-70-40-20-18-37(19-21-40)62-49(71)61(48(67)51(62,5)6)38-17-16-36(29-56-7)41(26-38)52(53,54)55/h12-21,26,29,32,39,42,45,63H,8-11,22-25,27-28,30-31H2,1-7H3,(H,57,65)(H,59,64)/t39-,42+,45-/m1/s1. The third kappa shape index (κ3) is 13.8. The van der Waals surface area contributed by atoms with Crippen LogP contribution in [0.5, 0.6) is 5.75 Å². The zero-order valence-corrected chi connectivity index (χ0v) is 43.3. The van der Waals surface area contributed by atoms with Crippen LogP contribution in [0.2, 0.25) is 0 Å². The number of thiazole rings is 1. The third-order valence-corrected chi connectivity index (χ3v) is 13.7. The number of hydrogen-bond donors (Lipinski definition) is 3. The van der Waals surface area contributed by atoms with Crippen LogP contribution in [0.15, 0.2) is 77.2 Å². The zero-order chi connectivity index (χ0) is 52.4. The maximum absolute atomic E-state index is 14.0. The van der Waals surface area contributed by atoms with Crippen molar-refractivity contribution in [3.63, 3.8) is 0 Å². The van der Waals surface area contributed by atoms with Gasteiger partial charge in [0.15, 0.2) is 5.11 Å². The average molecular weight is 1040 g/mol. The first-order valence-corrected chi connectivity index (χ1v) is 25.2. The molecule has 20 heteroatoms. The van der Waals surface area contributed by atoms with Gasteiger partial charge in [-0.3, -0.25) is 29.1 Å². The second-order valence-corrected chi connectivity index (χ2v) is 20.6. The number of halogens is 3. The summed E-state index contributed by atoms with van der Waals surface area (Å²) in [6.45, 7) is 12.4. The van der Waals surface area contributed by atoms with Gasteiger partial charge in [-0.05, 0) is 112 Å². The van der Waals surface area contributed by atoms with Crippen LogP contribution in [0, 0.1) is 12.3 Å². The maximum Gasteiger partial charge on any atom is 0.417 e. The van der Waals surface area contributed by atoms with E-state index in [1.54, 1.807) is 59.9 Å². The molecule has 4 aromatic rings. The van der Waals surface area contributed by atoms with Crippen LogP contribution in [-0.4, -0.2) is 120 Å². The highest BCUT2D eigenvalue weighted by Crippen LogP contribution is 2.40. The fourth-order valence-corrected chi connectivity index (χ4v) is 9.85. The van der Waals surface area contributed by atoms with Crippen molar-refractivity contribution >= 4 is 69.9 Å². The Morgan fingerprint density at radius 1 is 0.958 bits per heavy atom. The Hall–Kier alpha value is -5.80. The highest BCUT2D eigenvalue weighted by molar-refractivity contribution is 7.81. The Morgan fingerprint density at radius 3 is 2.28 bits per heavy atom. The number of amides is 4. The number of anilines is 2. The largest absolute Gasteiger partial charge is 0.494 e. The molecule has 2 aliphatic rings. The minimum absolute atomic E-state index is 0.0121. The van der Waals surface area contributed by atoms with E-state index < -0.39 is 58.6 Å². The molecule has 2 aliphatic heterocycles. The molecule has 0 spiro atoms. The van der Waals surface area contributed by atoms with Gasteiger partial charge in [0.05, 0.1) is 40.0 Å². The number of aryl methyl sites for hydroxylation is 1. The van der Waals surface area contributed by atoms with Crippen LogP contribution in [0.1, 0.15) is 89.1 Å². The quantitative estimate of drug-likeness (QED) is 0.0397. The molecule has 0 aliphatic carbocycles. The van der Waals surface area contributed by atoms with Crippen molar-refractivity contribution in [3.05, 3.63) is 94.6 Å². The Balaban J connectivity index is 0.853. The molecular formula is C52H64F3N7O8S2. The van der Waals surface area contributed by atoms with Gasteiger partial charge in [-0.2, -0.15) is 13.2 Å². The number of alkyl halides is 3. The number of ether oxygens (including phenoxy) is 3. The fraction of sp³-hybridized carbons (Fsp3) is 0.481. The number of hydrogen-bond acceptors (Lipinski definition) is 12. The number of aliphatic hydroxyl groups is 1. The van der Waals surface area contributed by atoms with Crippen molar-refractivity contribution < 1.29 is 51.7 Å². The number of carbonyl (C=O) groups excluding carboxylic acids is 4. The number of carbonyl (C=O) groups is 4. The number of benzene rings is 3. The lowest BCUT2D eigenvalue weighted by atomic mass is 9.85. The summed E-state index contributed by atoms with van der Waals surface area (Å²) in [6.07, 6.45) is -1.37. The van der Waals surface area contributed by atoms with E-state index in [0.717, 1.165) is 58.1 Å². The van der Waals surface area contributed by atoms with E-state index in [2.05, 4.69) is 20.6 Å². The molecule has 388 valence electrons. The van der Waals surface area contributed by atoms with E-state index >= 15 is 0 Å². The molecule has 3 heterocycles. The summed E-state index contributed by atoms with van der Waals surface area (Å²) in [4.78, 5) is 67.2. The first kappa shape index (κ1) is 55.5. The van der Waals surface area contributed by atoms with Gasteiger partial charge in [0.25, 0.3) is 5.91 Å². The first-order valence-electron chi connectivity index (χ1n) is 23.9. The van der Waals surface area contributed by atoms with Crippen LogP contribution in [-0.2, 0) is 41.4 Å². The zero-order valence-electron chi connectivity index (χ0n) is 41.7. The lowest BCUT2D eigenvalue weighted by Crippen LogP contribution is -2.58. The van der Waals surface area contributed by atoms with Crippen molar-refractivity contribution in [2.75, 3.05) is 56.4 Å². The molecule has 4 amide bonds. The molecule has 2 saturated heterocycles. The number of aliphatic imine (C=N–C) groups is 1. The summed E-state index contributed by atoms with van der Waals surface area (Å²) in [5, 5.41) is 16.3. The van der Waals surface area contributed by atoms with Crippen molar-refractivity contribution in [1.29, 1.82) is 0 Å². The molecule has 3 aromatic carbocycles. The Labute approximate surface area is 428 Å². The predicted molar refractivity (Wildman–Crippen MR) is 275 cm³/mol. The molecule has 15 nitrogen and oxygen atoms in total. The minimum Gasteiger partial charge on any atom is -0.494 e. The normalized spacial score (nSPS) is 17.5. The van der Waals surface area contributed by atoms with Crippen LogP contribution in [0.3, 0.4) is 0 Å². The first-order chi connectivity index (χ1) is 34.1. The lowest BCUT2D eigenvalue weighted by molar-refractivity contribution is -0.144. The number of aliphatic hydroxyl groups excluding tert-OH is 1. The summed E-state index contributed by atoms with van der Waals surface area (Å²) in [7, 11) is 1.38. The molecule has 0 bridgehead atoms. The van der Waals surface area contributed by atoms with Gasteiger partial charge in [-0.1, -0.05) is 51.1 Å². The van der Waals surface area contributed by atoms with Gasteiger partial charge in [0.2, 0.25) is 17.7 Å². The van der Waals surface area contributed by atoms with Gasteiger partial charge in [-0.25, -0.2) is 4.98 Å². The van der Waals surface area contributed by atoms with Gasteiger partial charge in [0.1, 0.15) is 30.0 Å². The van der Waals surface area contributed by atoms with Gasteiger partial charge in [-0.15, -0.1) is 11.3 Å². The van der Waals surface area contributed by atoms with Gasteiger partial charge < -0.3 is 39.8 Å². The fourth-order valence-electron chi connectivity index (χ4n) is 8.51. The Bertz CT molecular complexity index is 2570. The predicted octanol–water partition coefficient (Wildman–Crippen LogP) is 7.88. The Morgan fingerprint density at radius 2 is 1.62 bits per heavy atom. The number of aromatic nitrogens is 1. The van der Waals surface area contributed by atoms with Crippen LogP contribution in [0.25, 0.3) is 10.4 Å². The van der Waals surface area contributed by atoms with Crippen LogP contribution < -0.4 is 25.2 Å². The smallest absolute Gasteiger partial charge is 0.417 e. The molecule has 3 atom stereocenters. The number of rotatable bonds is 22. The van der Waals surface area contributed by atoms with E-state index in [1.165, 1.54) is 24.1 Å².